The van der Waals surface area contributed by atoms with Gasteiger partial charge in [0.2, 0.25) is 10.0 Å². The summed E-state index contributed by atoms with van der Waals surface area (Å²) in [6.45, 7) is 3.64. The monoisotopic (exact) mass is 328 g/mol. The van der Waals surface area contributed by atoms with Gasteiger partial charge in [-0.1, -0.05) is 47.6 Å². The third-order valence-electron chi connectivity index (χ3n) is 3.79. The van der Waals surface area contributed by atoms with Crippen molar-refractivity contribution in [2.24, 2.45) is 5.14 Å². The zero-order chi connectivity index (χ0) is 16.6. The fourth-order valence-corrected chi connectivity index (χ4v) is 3.49. The number of nitrogens with zero attached hydrogens (tertiary/aromatic N) is 1. The number of nitrogens with two attached hydrogens (primary N) is 1. The lowest BCUT2D eigenvalue weighted by atomic mass is 10.0. The van der Waals surface area contributed by atoms with Gasteiger partial charge in [-0.15, -0.1) is 0 Å². The summed E-state index contributed by atoms with van der Waals surface area (Å²) in [6, 6.07) is 14.4. The van der Waals surface area contributed by atoms with Crippen molar-refractivity contribution in [2.75, 3.05) is 0 Å². The zero-order valence-corrected chi connectivity index (χ0v) is 13.6. The van der Waals surface area contributed by atoms with Crippen LogP contribution in [-0.4, -0.2) is 13.6 Å². The van der Waals surface area contributed by atoms with Crippen LogP contribution in [-0.2, 0) is 10.0 Å². The maximum absolute atomic E-state index is 12.3. The molecule has 1 heterocycles. The molecule has 2 N–H and O–H groups in total. The van der Waals surface area contributed by atoms with E-state index in [4.69, 9.17) is 9.66 Å². The Morgan fingerprint density at radius 3 is 2.17 bits per heavy atom. The van der Waals surface area contributed by atoms with Gasteiger partial charge >= 0.3 is 0 Å². The Hall–Kier alpha value is -2.44. The third-order valence-corrected chi connectivity index (χ3v) is 4.79. The van der Waals surface area contributed by atoms with Gasteiger partial charge in [-0.05, 0) is 25.5 Å². The molecule has 5 nitrogen and oxygen atoms in total. The molecule has 6 heteroatoms. The molecule has 0 aliphatic carbocycles. The minimum Gasteiger partial charge on any atom is -0.356 e. The molecular weight excluding hydrogens is 312 g/mol. The number of aryl methyl sites for hydroxylation is 1. The van der Waals surface area contributed by atoms with Gasteiger partial charge < -0.3 is 4.52 Å². The molecule has 0 saturated heterocycles. The Balaban J connectivity index is 2.37. The SMILES string of the molecule is Cc1noc(-c2cccc(-c3ccccc3)c2S(N)(=O)=O)c1C. The summed E-state index contributed by atoms with van der Waals surface area (Å²) in [7, 11) is -3.96. The van der Waals surface area contributed by atoms with E-state index < -0.39 is 10.0 Å². The van der Waals surface area contributed by atoms with Crippen molar-refractivity contribution >= 4 is 10.0 Å². The standard InChI is InChI=1S/C17H16N2O3S/c1-11-12(2)19-22-16(11)15-10-6-9-14(17(15)23(18,20)21)13-7-4-3-5-8-13/h3-10H,1-2H3,(H2,18,20,21). The van der Waals surface area contributed by atoms with Crippen LogP contribution in [0.3, 0.4) is 0 Å². The Kier molecular flexibility index (Phi) is 3.79. The highest BCUT2D eigenvalue weighted by Crippen LogP contribution is 2.37. The maximum atomic E-state index is 12.3. The highest BCUT2D eigenvalue weighted by Gasteiger charge is 2.24. The molecule has 0 saturated carbocycles. The lowest BCUT2D eigenvalue weighted by molar-refractivity contribution is 0.426. The minimum absolute atomic E-state index is 0.0467. The maximum Gasteiger partial charge on any atom is 0.239 e. The highest BCUT2D eigenvalue weighted by atomic mass is 32.2. The molecule has 0 spiro atoms. The molecule has 0 atom stereocenters. The first-order chi connectivity index (χ1) is 10.9. The van der Waals surface area contributed by atoms with Gasteiger partial charge in [0.25, 0.3) is 0 Å². The number of primary sulfonamides is 1. The van der Waals surface area contributed by atoms with Gasteiger partial charge in [-0.2, -0.15) is 0 Å². The molecule has 0 aliphatic heterocycles. The van der Waals surface area contributed by atoms with Crippen molar-refractivity contribution in [3.05, 3.63) is 59.8 Å². The van der Waals surface area contributed by atoms with Crippen LogP contribution in [0.1, 0.15) is 11.3 Å². The minimum atomic E-state index is -3.96. The third kappa shape index (κ3) is 2.78. The predicted octanol–water partition coefficient (Wildman–Crippen LogP) is 3.27. The fourth-order valence-electron chi connectivity index (χ4n) is 2.53. The van der Waals surface area contributed by atoms with E-state index >= 15 is 0 Å². The topological polar surface area (TPSA) is 86.2 Å². The van der Waals surface area contributed by atoms with Crippen molar-refractivity contribution < 1.29 is 12.9 Å². The number of rotatable bonds is 3. The van der Waals surface area contributed by atoms with Crippen LogP contribution in [0.15, 0.2) is 57.9 Å². The normalized spacial score (nSPS) is 11.6. The van der Waals surface area contributed by atoms with E-state index in [1.54, 1.807) is 25.1 Å². The summed E-state index contributed by atoms with van der Waals surface area (Å²) in [6.07, 6.45) is 0. The number of hydrogen-bond acceptors (Lipinski definition) is 4. The van der Waals surface area contributed by atoms with Gasteiger partial charge in [-0.3, -0.25) is 0 Å². The quantitative estimate of drug-likeness (QED) is 0.799. The lowest BCUT2D eigenvalue weighted by Crippen LogP contribution is -2.15. The summed E-state index contributed by atoms with van der Waals surface area (Å²) < 4.78 is 29.8. The van der Waals surface area contributed by atoms with E-state index in [1.165, 1.54) is 0 Å². The highest BCUT2D eigenvalue weighted by molar-refractivity contribution is 7.89. The molecule has 118 valence electrons. The second kappa shape index (κ2) is 5.64. The van der Waals surface area contributed by atoms with Crippen LogP contribution < -0.4 is 5.14 Å². The molecule has 0 amide bonds. The summed E-state index contributed by atoms with van der Waals surface area (Å²) in [5.74, 6) is 0.421. The first-order valence-electron chi connectivity index (χ1n) is 7.04. The summed E-state index contributed by atoms with van der Waals surface area (Å²) >= 11 is 0. The first-order valence-corrected chi connectivity index (χ1v) is 8.58. The van der Waals surface area contributed by atoms with Crippen molar-refractivity contribution in [3.8, 4) is 22.5 Å². The van der Waals surface area contributed by atoms with E-state index in [9.17, 15) is 8.42 Å². The van der Waals surface area contributed by atoms with Gasteiger partial charge in [0.15, 0.2) is 5.76 Å². The Labute approximate surface area is 134 Å². The van der Waals surface area contributed by atoms with Crippen LogP contribution in [0.2, 0.25) is 0 Å². The molecule has 3 aromatic rings. The Morgan fingerprint density at radius 1 is 0.957 bits per heavy atom. The molecule has 1 aromatic heterocycles. The Bertz CT molecular complexity index is 961. The molecule has 0 radical (unpaired) electrons. The van der Waals surface area contributed by atoms with Gasteiger partial charge in [0, 0.05) is 16.7 Å². The summed E-state index contributed by atoms with van der Waals surface area (Å²) in [5, 5.41) is 9.41. The van der Waals surface area contributed by atoms with Crippen molar-refractivity contribution in [3.63, 3.8) is 0 Å². The van der Waals surface area contributed by atoms with E-state index in [1.807, 2.05) is 37.3 Å². The van der Waals surface area contributed by atoms with Gasteiger partial charge in [-0.25, -0.2) is 13.6 Å². The molecule has 0 unspecified atom stereocenters. The zero-order valence-electron chi connectivity index (χ0n) is 12.8. The first kappa shape index (κ1) is 15.5. The van der Waals surface area contributed by atoms with Crippen LogP contribution >= 0.6 is 0 Å². The largest absolute Gasteiger partial charge is 0.356 e. The van der Waals surface area contributed by atoms with E-state index in [0.717, 1.165) is 11.1 Å². The average molecular weight is 328 g/mol. The lowest BCUT2D eigenvalue weighted by Gasteiger charge is -2.12. The van der Waals surface area contributed by atoms with E-state index in [2.05, 4.69) is 5.16 Å². The van der Waals surface area contributed by atoms with Crippen molar-refractivity contribution in [1.29, 1.82) is 0 Å². The Morgan fingerprint density at radius 2 is 1.61 bits per heavy atom. The molecule has 0 fully saturated rings. The molecular formula is C17H16N2O3S. The van der Waals surface area contributed by atoms with Crippen LogP contribution in [0, 0.1) is 13.8 Å². The molecule has 23 heavy (non-hydrogen) atoms. The molecule has 2 aromatic carbocycles. The van der Waals surface area contributed by atoms with Crippen molar-refractivity contribution in [2.45, 2.75) is 18.7 Å². The van der Waals surface area contributed by atoms with Crippen LogP contribution in [0.25, 0.3) is 22.5 Å². The number of sulfonamides is 1. The number of benzene rings is 2. The van der Waals surface area contributed by atoms with Crippen LogP contribution in [0.4, 0.5) is 0 Å². The summed E-state index contributed by atoms with van der Waals surface area (Å²) in [5.41, 5.74) is 3.24. The van der Waals surface area contributed by atoms with Crippen LogP contribution in [0.5, 0.6) is 0 Å². The van der Waals surface area contributed by atoms with Gasteiger partial charge in [0.1, 0.15) is 4.90 Å². The fraction of sp³-hybridized carbons (Fsp3) is 0.118. The second-order valence-electron chi connectivity index (χ2n) is 5.32. The second-order valence-corrected chi connectivity index (χ2v) is 6.81. The number of aromatic nitrogens is 1. The van der Waals surface area contributed by atoms with Gasteiger partial charge in [0.05, 0.1) is 5.69 Å². The average Bonchev–Trinajstić information content (AvgIpc) is 2.86. The van der Waals surface area contributed by atoms with Crippen molar-refractivity contribution in [1.82, 2.24) is 5.16 Å². The van der Waals surface area contributed by atoms with E-state index in [-0.39, 0.29) is 4.90 Å². The number of hydrogen-bond donors (Lipinski definition) is 1. The molecule has 0 aliphatic rings. The summed E-state index contributed by atoms with van der Waals surface area (Å²) in [4.78, 5) is 0.0467. The smallest absolute Gasteiger partial charge is 0.239 e. The van der Waals surface area contributed by atoms with E-state index in [0.29, 0.717) is 22.6 Å². The molecule has 3 rings (SSSR count). The predicted molar refractivity (Wildman–Crippen MR) is 88.2 cm³/mol. The molecule has 0 bridgehead atoms.